The Hall–Kier alpha value is -1.95. The fourth-order valence-corrected chi connectivity index (χ4v) is 2.38. The normalized spacial score (nSPS) is 11.3. The first-order chi connectivity index (χ1) is 9.34. The van der Waals surface area contributed by atoms with Crippen LogP contribution in [0.3, 0.4) is 0 Å². The maximum Gasteiger partial charge on any atom is 0.230 e. The van der Waals surface area contributed by atoms with Crippen LogP contribution in [-0.4, -0.2) is 16.1 Å². The maximum absolute atomic E-state index is 11.9. The van der Waals surface area contributed by atoms with E-state index in [0.717, 1.165) is 10.6 Å². The van der Waals surface area contributed by atoms with Gasteiger partial charge in [0.2, 0.25) is 11.0 Å². The average Bonchev–Trinajstić information content (AvgIpc) is 2.80. The molecule has 1 aromatic heterocycles. The Kier molecular flexibility index (Phi) is 4.04. The number of benzene rings is 1. The monoisotopic (exact) mass is 290 g/mol. The number of hydrogen-bond acceptors (Lipinski definition) is 5. The summed E-state index contributed by atoms with van der Waals surface area (Å²) in [6.07, 6.45) is 0.296. The maximum atomic E-state index is 11.9. The number of aromatic nitrogens is 2. The fourth-order valence-electron chi connectivity index (χ4n) is 1.56. The van der Waals surface area contributed by atoms with Crippen molar-refractivity contribution in [3.05, 3.63) is 34.8 Å². The van der Waals surface area contributed by atoms with Crippen molar-refractivity contribution in [2.75, 3.05) is 11.1 Å². The van der Waals surface area contributed by atoms with Crippen LogP contribution >= 0.6 is 11.3 Å². The molecule has 20 heavy (non-hydrogen) atoms. The van der Waals surface area contributed by atoms with E-state index in [0.29, 0.717) is 17.2 Å². The van der Waals surface area contributed by atoms with Crippen molar-refractivity contribution in [3.8, 4) is 0 Å². The van der Waals surface area contributed by atoms with E-state index in [-0.39, 0.29) is 11.3 Å². The second-order valence-electron chi connectivity index (χ2n) is 5.63. The van der Waals surface area contributed by atoms with E-state index >= 15 is 0 Å². The summed E-state index contributed by atoms with van der Waals surface area (Å²) in [5.74, 6) is -0.105. The van der Waals surface area contributed by atoms with Crippen LogP contribution in [0.4, 0.5) is 10.8 Å². The Morgan fingerprint density at radius 3 is 2.45 bits per heavy atom. The first-order valence-corrected chi connectivity index (χ1v) is 7.14. The Morgan fingerprint density at radius 1 is 1.25 bits per heavy atom. The third-order valence-electron chi connectivity index (χ3n) is 2.66. The summed E-state index contributed by atoms with van der Waals surface area (Å²) in [6, 6.07) is 7.25. The van der Waals surface area contributed by atoms with Gasteiger partial charge in [-0.3, -0.25) is 4.79 Å². The minimum atomic E-state index is -0.105. The molecule has 5 nitrogen and oxygen atoms in total. The van der Waals surface area contributed by atoms with Gasteiger partial charge in [-0.1, -0.05) is 44.2 Å². The summed E-state index contributed by atoms with van der Waals surface area (Å²) < 4.78 is 0. The molecule has 0 spiro atoms. The third-order valence-corrected chi connectivity index (χ3v) is 3.92. The van der Waals surface area contributed by atoms with Gasteiger partial charge in [-0.05, 0) is 17.7 Å². The van der Waals surface area contributed by atoms with E-state index in [9.17, 15) is 4.79 Å². The Labute approximate surface area is 122 Å². The second kappa shape index (κ2) is 5.58. The van der Waals surface area contributed by atoms with E-state index in [1.807, 2.05) is 12.1 Å². The van der Waals surface area contributed by atoms with Crippen LogP contribution in [0.5, 0.6) is 0 Å². The highest BCUT2D eigenvalue weighted by Gasteiger charge is 2.19. The van der Waals surface area contributed by atoms with E-state index < -0.39 is 0 Å². The molecule has 1 heterocycles. The van der Waals surface area contributed by atoms with Crippen molar-refractivity contribution < 1.29 is 4.79 Å². The molecule has 3 N–H and O–H groups in total. The van der Waals surface area contributed by atoms with Gasteiger partial charge in [-0.2, -0.15) is 0 Å². The van der Waals surface area contributed by atoms with Gasteiger partial charge >= 0.3 is 0 Å². The van der Waals surface area contributed by atoms with Crippen LogP contribution in [0.2, 0.25) is 0 Å². The molecule has 0 fully saturated rings. The van der Waals surface area contributed by atoms with Crippen LogP contribution in [0, 0.1) is 0 Å². The zero-order valence-corrected chi connectivity index (χ0v) is 12.6. The van der Waals surface area contributed by atoms with Gasteiger partial charge in [0.1, 0.15) is 5.01 Å². The summed E-state index contributed by atoms with van der Waals surface area (Å²) in [6.45, 7) is 6.19. The van der Waals surface area contributed by atoms with E-state index in [1.54, 1.807) is 12.1 Å². The molecule has 0 aliphatic carbocycles. The van der Waals surface area contributed by atoms with Gasteiger partial charge < -0.3 is 11.1 Å². The van der Waals surface area contributed by atoms with Crippen LogP contribution < -0.4 is 11.1 Å². The molecule has 0 aliphatic rings. The van der Waals surface area contributed by atoms with Crippen molar-refractivity contribution in [1.82, 2.24) is 10.2 Å². The molecule has 0 aliphatic heterocycles. The number of hydrogen-bond donors (Lipinski definition) is 2. The van der Waals surface area contributed by atoms with Gasteiger partial charge in [-0.25, -0.2) is 0 Å². The molecule has 0 atom stereocenters. The number of amides is 1. The number of nitrogens with one attached hydrogen (secondary N) is 1. The lowest BCUT2D eigenvalue weighted by Crippen LogP contribution is -2.14. The molecule has 0 radical (unpaired) electrons. The van der Waals surface area contributed by atoms with Crippen LogP contribution in [0.1, 0.15) is 31.3 Å². The number of nitrogen functional groups attached to an aromatic ring is 1. The van der Waals surface area contributed by atoms with E-state index in [4.69, 9.17) is 5.73 Å². The molecule has 0 unspecified atom stereocenters. The molecular weight excluding hydrogens is 272 g/mol. The number of carbonyl (C=O) groups excluding carboxylic acids is 1. The predicted molar refractivity (Wildman–Crippen MR) is 81.8 cm³/mol. The summed E-state index contributed by atoms with van der Waals surface area (Å²) in [5, 5.41) is 12.3. The van der Waals surface area contributed by atoms with Gasteiger partial charge in [-0.15, -0.1) is 10.2 Å². The molecule has 1 amide bonds. The topological polar surface area (TPSA) is 80.9 Å². The SMILES string of the molecule is CC(C)(C)c1nnc(NC(=O)Cc2ccc(N)cc2)s1. The fraction of sp³-hybridized carbons (Fsp3) is 0.357. The van der Waals surface area contributed by atoms with Crippen LogP contribution in [0.25, 0.3) is 0 Å². The van der Waals surface area contributed by atoms with Gasteiger partial charge in [0.25, 0.3) is 0 Å². The minimum Gasteiger partial charge on any atom is -0.399 e. The molecule has 6 heteroatoms. The summed E-state index contributed by atoms with van der Waals surface area (Å²) in [7, 11) is 0. The van der Waals surface area contributed by atoms with Crippen molar-refractivity contribution >= 4 is 28.1 Å². The lowest BCUT2D eigenvalue weighted by atomic mass is 9.98. The predicted octanol–water partition coefficient (Wildman–Crippen LogP) is 2.60. The standard InChI is InChI=1S/C14H18N4OS/c1-14(2,3)12-17-18-13(20-12)16-11(19)8-9-4-6-10(15)7-5-9/h4-7H,8,15H2,1-3H3,(H,16,18,19). The Morgan fingerprint density at radius 2 is 1.90 bits per heavy atom. The van der Waals surface area contributed by atoms with Gasteiger partial charge in [0.15, 0.2) is 0 Å². The average molecular weight is 290 g/mol. The van der Waals surface area contributed by atoms with Crippen molar-refractivity contribution in [2.45, 2.75) is 32.6 Å². The highest BCUT2D eigenvalue weighted by atomic mass is 32.1. The molecule has 0 bridgehead atoms. The van der Waals surface area contributed by atoms with Crippen molar-refractivity contribution in [2.24, 2.45) is 0 Å². The molecule has 1 aromatic carbocycles. The smallest absolute Gasteiger partial charge is 0.230 e. The Balaban J connectivity index is 1.98. The number of carbonyl (C=O) groups is 1. The molecule has 0 saturated heterocycles. The molecule has 106 valence electrons. The first kappa shape index (κ1) is 14.5. The molecular formula is C14H18N4OS. The first-order valence-electron chi connectivity index (χ1n) is 6.33. The van der Waals surface area contributed by atoms with Gasteiger partial charge in [0.05, 0.1) is 6.42 Å². The van der Waals surface area contributed by atoms with Gasteiger partial charge in [0, 0.05) is 11.1 Å². The zero-order valence-electron chi connectivity index (χ0n) is 11.8. The number of anilines is 2. The number of nitrogens with zero attached hydrogens (tertiary/aromatic N) is 2. The van der Waals surface area contributed by atoms with Crippen LogP contribution in [0.15, 0.2) is 24.3 Å². The van der Waals surface area contributed by atoms with Crippen molar-refractivity contribution in [1.29, 1.82) is 0 Å². The minimum absolute atomic E-state index is 0.0579. The van der Waals surface area contributed by atoms with Crippen molar-refractivity contribution in [3.63, 3.8) is 0 Å². The van der Waals surface area contributed by atoms with E-state index in [1.165, 1.54) is 11.3 Å². The van der Waals surface area contributed by atoms with E-state index in [2.05, 4.69) is 36.3 Å². The quantitative estimate of drug-likeness (QED) is 0.851. The van der Waals surface area contributed by atoms with Crippen LogP contribution in [-0.2, 0) is 16.6 Å². The summed E-state index contributed by atoms with van der Waals surface area (Å²) in [4.78, 5) is 11.9. The Bertz CT molecular complexity index is 598. The zero-order chi connectivity index (χ0) is 14.8. The summed E-state index contributed by atoms with van der Waals surface area (Å²) >= 11 is 1.41. The third kappa shape index (κ3) is 3.77. The summed E-state index contributed by atoms with van der Waals surface area (Å²) in [5.41, 5.74) is 7.15. The molecule has 0 saturated carbocycles. The lowest BCUT2D eigenvalue weighted by molar-refractivity contribution is -0.115. The highest BCUT2D eigenvalue weighted by Crippen LogP contribution is 2.27. The lowest BCUT2D eigenvalue weighted by Gasteiger charge is -2.12. The molecule has 2 aromatic rings. The largest absolute Gasteiger partial charge is 0.399 e. The second-order valence-corrected chi connectivity index (χ2v) is 6.61. The number of nitrogens with two attached hydrogens (primary N) is 1. The molecule has 2 rings (SSSR count). The number of rotatable bonds is 3. The highest BCUT2D eigenvalue weighted by molar-refractivity contribution is 7.15.